The van der Waals surface area contributed by atoms with Crippen LogP contribution >= 0.6 is 27.3 Å². The van der Waals surface area contributed by atoms with E-state index in [0.29, 0.717) is 15.2 Å². The lowest BCUT2D eigenvalue weighted by Crippen LogP contribution is -2.35. The average Bonchev–Trinajstić information content (AvgIpc) is 2.85. The zero-order chi connectivity index (χ0) is 14.3. The molecule has 0 saturated carbocycles. The van der Waals surface area contributed by atoms with Crippen molar-refractivity contribution in [2.75, 3.05) is 10.8 Å². The fraction of sp³-hybridized carbons (Fsp3) is 0.286. The summed E-state index contributed by atoms with van der Waals surface area (Å²) >= 11 is 4.59. The summed E-state index contributed by atoms with van der Waals surface area (Å²) in [5.41, 5.74) is 2.99. The lowest BCUT2D eigenvalue weighted by atomic mass is 10.0. The number of halogens is 1. The minimum atomic E-state index is -3.48. The molecule has 0 amide bonds. The van der Waals surface area contributed by atoms with E-state index in [1.165, 1.54) is 11.3 Å². The van der Waals surface area contributed by atoms with Gasteiger partial charge in [0.2, 0.25) is 0 Å². The van der Waals surface area contributed by atoms with E-state index in [2.05, 4.69) is 15.9 Å². The maximum absolute atomic E-state index is 12.9. The highest BCUT2D eigenvalue weighted by Gasteiger charge is 2.32. The second-order valence-electron chi connectivity index (χ2n) is 4.82. The molecule has 0 aliphatic carbocycles. The summed E-state index contributed by atoms with van der Waals surface area (Å²) in [4.78, 5) is 0. The molecule has 6 heteroatoms. The van der Waals surface area contributed by atoms with E-state index in [1.807, 2.05) is 25.1 Å². The number of nitrogens with zero attached hydrogens (tertiary/aromatic N) is 1. The minimum absolute atomic E-state index is 0.383. The number of para-hydroxylation sites is 1. The lowest BCUT2D eigenvalue weighted by Gasteiger charge is -2.31. The molecule has 2 aromatic rings. The van der Waals surface area contributed by atoms with E-state index in [-0.39, 0.29) is 0 Å². The summed E-state index contributed by atoms with van der Waals surface area (Å²) < 4.78 is 28.4. The molecule has 0 fully saturated rings. The first-order valence-corrected chi connectivity index (χ1v) is 9.47. The Kier molecular flexibility index (Phi) is 3.64. The summed E-state index contributed by atoms with van der Waals surface area (Å²) in [5, 5.41) is 1.79. The third-order valence-electron chi connectivity index (χ3n) is 3.49. The fourth-order valence-electron chi connectivity index (χ4n) is 2.61. The van der Waals surface area contributed by atoms with Gasteiger partial charge >= 0.3 is 0 Å². The lowest BCUT2D eigenvalue weighted by molar-refractivity contribution is 0.588. The highest BCUT2D eigenvalue weighted by Crippen LogP contribution is 2.38. The van der Waals surface area contributed by atoms with Gasteiger partial charge in [-0.25, -0.2) is 8.42 Å². The Bertz CT molecular complexity index is 752. The number of hydrogen-bond acceptors (Lipinski definition) is 3. The summed E-state index contributed by atoms with van der Waals surface area (Å²) in [6.45, 7) is 2.51. The van der Waals surface area contributed by atoms with Crippen LogP contribution in [0.5, 0.6) is 0 Å². The summed E-state index contributed by atoms with van der Waals surface area (Å²) in [6.07, 6.45) is 1.80. The molecule has 3 rings (SSSR count). The third-order valence-corrected chi connectivity index (χ3v) is 7.93. The molecule has 2 heterocycles. The number of sulfonamides is 1. The van der Waals surface area contributed by atoms with E-state index in [1.54, 1.807) is 15.8 Å². The van der Waals surface area contributed by atoms with Gasteiger partial charge in [-0.15, -0.1) is 11.3 Å². The first-order valence-electron chi connectivity index (χ1n) is 6.36. The van der Waals surface area contributed by atoms with Gasteiger partial charge in [0.25, 0.3) is 10.0 Å². The first-order chi connectivity index (χ1) is 9.51. The van der Waals surface area contributed by atoms with E-state index in [4.69, 9.17) is 0 Å². The SMILES string of the molecule is Cc1cccc2c1N(S(=O)(=O)c1sccc1Br)CCC2. The van der Waals surface area contributed by atoms with Gasteiger partial charge in [0.15, 0.2) is 4.21 Å². The molecule has 0 bridgehead atoms. The number of fused-ring (bicyclic) bond motifs is 1. The van der Waals surface area contributed by atoms with Crippen LogP contribution in [-0.2, 0) is 16.4 Å². The van der Waals surface area contributed by atoms with Gasteiger partial charge < -0.3 is 0 Å². The molecule has 0 atom stereocenters. The number of anilines is 1. The normalized spacial score (nSPS) is 15.2. The van der Waals surface area contributed by atoms with Crippen LogP contribution in [0.1, 0.15) is 17.5 Å². The van der Waals surface area contributed by atoms with Crippen LogP contribution in [0.3, 0.4) is 0 Å². The number of thiophene rings is 1. The molecule has 0 radical (unpaired) electrons. The van der Waals surface area contributed by atoms with Crippen molar-refractivity contribution in [2.45, 2.75) is 24.0 Å². The summed E-state index contributed by atoms with van der Waals surface area (Å²) in [5.74, 6) is 0. The fourth-order valence-corrected chi connectivity index (χ4v) is 6.63. The maximum Gasteiger partial charge on any atom is 0.274 e. The van der Waals surface area contributed by atoms with Crippen molar-refractivity contribution in [3.8, 4) is 0 Å². The topological polar surface area (TPSA) is 37.4 Å². The standard InChI is InChI=1S/C14H14BrNO2S2/c1-10-4-2-5-11-6-3-8-16(13(10)11)20(17,18)14-12(15)7-9-19-14/h2,4-5,7,9H,3,6,8H2,1H3. The molecule has 1 aliphatic heterocycles. The Morgan fingerprint density at radius 1 is 1.30 bits per heavy atom. The van der Waals surface area contributed by atoms with Crippen molar-refractivity contribution < 1.29 is 8.42 Å². The molecule has 1 aromatic heterocycles. The highest BCUT2D eigenvalue weighted by molar-refractivity contribution is 9.10. The monoisotopic (exact) mass is 371 g/mol. The molecule has 3 nitrogen and oxygen atoms in total. The Morgan fingerprint density at radius 2 is 2.10 bits per heavy atom. The van der Waals surface area contributed by atoms with Crippen LogP contribution in [0, 0.1) is 6.92 Å². The van der Waals surface area contributed by atoms with E-state index < -0.39 is 10.0 Å². The summed E-state index contributed by atoms with van der Waals surface area (Å²) in [6, 6.07) is 7.76. The number of benzene rings is 1. The molecule has 20 heavy (non-hydrogen) atoms. The van der Waals surface area contributed by atoms with Crippen LogP contribution in [0.15, 0.2) is 38.3 Å². The predicted molar refractivity (Wildman–Crippen MR) is 86.1 cm³/mol. The van der Waals surface area contributed by atoms with Gasteiger partial charge in [0, 0.05) is 11.0 Å². The number of rotatable bonds is 2. The van der Waals surface area contributed by atoms with Gasteiger partial charge in [-0.05, 0) is 58.3 Å². The smallest absolute Gasteiger partial charge is 0.265 e. The van der Waals surface area contributed by atoms with E-state index >= 15 is 0 Å². The van der Waals surface area contributed by atoms with E-state index in [9.17, 15) is 8.42 Å². The molecule has 0 N–H and O–H groups in total. The van der Waals surface area contributed by atoms with Crippen LogP contribution in [0.25, 0.3) is 0 Å². The van der Waals surface area contributed by atoms with Crippen molar-refractivity contribution in [2.24, 2.45) is 0 Å². The van der Waals surface area contributed by atoms with Gasteiger partial charge in [-0.1, -0.05) is 18.2 Å². The molecular formula is C14H14BrNO2S2. The van der Waals surface area contributed by atoms with Crippen LogP contribution in [-0.4, -0.2) is 15.0 Å². The largest absolute Gasteiger partial charge is 0.274 e. The Hall–Kier alpha value is -0.850. The van der Waals surface area contributed by atoms with Crippen molar-refractivity contribution in [1.82, 2.24) is 0 Å². The Balaban J connectivity index is 2.16. The highest BCUT2D eigenvalue weighted by atomic mass is 79.9. The third kappa shape index (κ3) is 2.19. The van der Waals surface area contributed by atoms with Crippen LogP contribution in [0.4, 0.5) is 5.69 Å². The second-order valence-corrected chi connectivity index (χ2v) is 8.65. The minimum Gasteiger partial charge on any atom is -0.265 e. The molecule has 0 spiro atoms. The Morgan fingerprint density at radius 3 is 2.80 bits per heavy atom. The second kappa shape index (κ2) is 5.16. The zero-order valence-corrected chi connectivity index (χ0v) is 14.2. The molecule has 0 unspecified atom stereocenters. The Labute approximate surface area is 131 Å². The first kappa shape index (κ1) is 14.1. The number of aryl methyl sites for hydroxylation is 2. The van der Waals surface area contributed by atoms with Crippen molar-refractivity contribution in [1.29, 1.82) is 0 Å². The number of hydrogen-bond donors (Lipinski definition) is 0. The summed E-state index contributed by atoms with van der Waals surface area (Å²) in [7, 11) is -3.48. The van der Waals surface area contributed by atoms with Crippen molar-refractivity contribution in [3.05, 3.63) is 45.2 Å². The van der Waals surface area contributed by atoms with Gasteiger partial charge in [-0.3, -0.25) is 4.31 Å². The molecular weight excluding hydrogens is 358 g/mol. The predicted octanol–water partition coefficient (Wildman–Crippen LogP) is 3.96. The van der Waals surface area contributed by atoms with Crippen LogP contribution < -0.4 is 4.31 Å². The van der Waals surface area contributed by atoms with Crippen LogP contribution in [0.2, 0.25) is 0 Å². The van der Waals surface area contributed by atoms with E-state index in [0.717, 1.165) is 29.7 Å². The quantitative estimate of drug-likeness (QED) is 0.800. The molecule has 106 valence electrons. The zero-order valence-electron chi connectivity index (χ0n) is 11.0. The maximum atomic E-state index is 12.9. The van der Waals surface area contributed by atoms with Gasteiger partial charge in [0.1, 0.15) is 0 Å². The molecule has 1 aliphatic rings. The van der Waals surface area contributed by atoms with Crippen molar-refractivity contribution in [3.63, 3.8) is 0 Å². The molecule has 0 saturated heterocycles. The van der Waals surface area contributed by atoms with Gasteiger partial charge in [0.05, 0.1) is 5.69 Å². The van der Waals surface area contributed by atoms with Gasteiger partial charge in [-0.2, -0.15) is 0 Å². The average molecular weight is 372 g/mol. The van der Waals surface area contributed by atoms with Crippen molar-refractivity contribution >= 4 is 43.0 Å². The molecule has 1 aromatic carbocycles.